The van der Waals surface area contributed by atoms with Crippen LogP contribution in [0.1, 0.15) is 46.0 Å². The van der Waals surface area contributed by atoms with Gasteiger partial charge in [-0.1, -0.05) is 13.8 Å². The van der Waals surface area contributed by atoms with Crippen LogP contribution >= 0.6 is 0 Å². The highest BCUT2D eigenvalue weighted by molar-refractivity contribution is 5.18. The molecule has 4 rings (SSSR count). The summed E-state index contributed by atoms with van der Waals surface area (Å²) in [5.74, 6) is 0.959. The smallest absolute Gasteiger partial charge is 0.0167 e. The maximum atomic E-state index is 6.39. The summed E-state index contributed by atoms with van der Waals surface area (Å²) in [5.41, 5.74) is 7.87. The summed E-state index contributed by atoms with van der Waals surface area (Å²) in [6.07, 6.45) is 6.83. The molecule has 3 unspecified atom stereocenters. The number of rotatable bonds is 0. The Balaban J connectivity index is 2.08. The van der Waals surface area contributed by atoms with Crippen molar-refractivity contribution >= 4 is 0 Å². The molecule has 0 heterocycles. The Labute approximate surface area is 74.7 Å². The second kappa shape index (κ2) is 1.61. The molecule has 68 valence electrons. The van der Waals surface area contributed by atoms with Crippen LogP contribution < -0.4 is 5.73 Å². The van der Waals surface area contributed by atoms with E-state index in [1.165, 1.54) is 32.1 Å². The molecule has 4 aliphatic carbocycles. The summed E-state index contributed by atoms with van der Waals surface area (Å²) in [7, 11) is 0. The molecule has 4 aliphatic rings. The SMILES string of the molecule is CC12CC3C[C@@](N)(C1)CC3(C)C2. The van der Waals surface area contributed by atoms with Crippen molar-refractivity contribution in [2.24, 2.45) is 22.5 Å². The molecular weight excluding hydrogens is 146 g/mol. The molecular formula is C11H19N. The Morgan fingerprint density at radius 3 is 2.33 bits per heavy atom. The van der Waals surface area contributed by atoms with E-state index >= 15 is 0 Å². The predicted octanol–water partition coefficient (Wildman–Crippen LogP) is 2.30. The highest BCUT2D eigenvalue weighted by atomic mass is 14.9. The Morgan fingerprint density at radius 2 is 1.83 bits per heavy atom. The molecule has 4 fully saturated rings. The average molecular weight is 165 g/mol. The monoisotopic (exact) mass is 165 g/mol. The Morgan fingerprint density at radius 1 is 1.08 bits per heavy atom. The van der Waals surface area contributed by atoms with Gasteiger partial charge in [0, 0.05) is 5.54 Å². The van der Waals surface area contributed by atoms with Gasteiger partial charge in [-0.15, -0.1) is 0 Å². The zero-order valence-electron chi connectivity index (χ0n) is 8.19. The normalized spacial score (nSPS) is 67.8. The van der Waals surface area contributed by atoms with Gasteiger partial charge in [-0.2, -0.15) is 0 Å². The van der Waals surface area contributed by atoms with Gasteiger partial charge in [-0.05, 0) is 48.9 Å². The number of hydrogen-bond donors (Lipinski definition) is 1. The van der Waals surface area contributed by atoms with E-state index in [-0.39, 0.29) is 5.54 Å². The standard InChI is InChI=1S/C11H19N/c1-9-3-8-4-11(12,6-9)7-10(8,2)5-9/h8H,3-7,12H2,1-2H3/t8?,9?,10?,11-/m1/s1. The van der Waals surface area contributed by atoms with Gasteiger partial charge in [0.1, 0.15) is 0 Å². The third kappa shape index (κ3) is 0.693. The highest BCUT2D eigenvalue weighted by Gasteiger charge is 2.64. The van der Waals surface area contributed by atoms with Crippen LogP contribution in [0.5, 0.6) is 0 Å². The van der Waals surface area contributed by atoms with E-state index in [0.717, 1.165) is 5.92 Å². The molecule has 12 heavy (non-hydrogen) atoms. The zero-order chi connectivity index (χ0) is 8.61. The minimum Gasteiger partial charge on any atom is -0.325 e. The first-order chi connectivity index (χ1) is 5.43. The molecule has 2 N–H and O–H groups in total. The first-order valence-electron chi connectivity index (χ1n) is 5.22. The molecule has 0 spiro atoms. The summed E-state index contributed by atoms with van der Waals surface area (Å²) in [6.45, 7) is 4.92. The van der Waals surface area contributed by atoms with Crippen LogP contribution in [0.3, 0.4) is 0 Å². The minimum absolute atomic E-state index is 0.241. The molecule has 4 bridgehead atoms. The summed E-state index contributed by atoms with van der Waals surface area (Å²) < 4.78 is 0. The summed E-state index contributed by atoms with van der Waals surface area (Å²) in [6, 6.07) is 0. The fraction of sp³-hybridized carbons (Fsp3) is 1.00. The molecule has 0 aliphatic heterocycles. The Kier molecular flexibility index (Phi) is 0.991. The maximum absolute atomic E-state index is 6.39. The van der Waals surface area contributed by atoms with Crippen LogP contribution in [0.4, 0.5) is 0 Å². The van der Waals surface area contributed by atoms with Gasteiger partial charge < -0.3 is 5.73 Å². The van der Waals surface area contributed by atoms with E-state index in [1.807, 2.05) is 0 Å². The van der Waals surface area contributed by atoms with Crippen LogP contribution in [0.15, 0.2) is 0 Å². The summed E-state index contributed by atoms with van der Waals surface area (Å²) in [4.78, 5) is 0. The molecule has 0 saturated heterocycles. The molecule has 0 aromatic rings. The van der Waals surface area contributed by atoms with Gasteiger partial charge in [-0.25, -0.2) is 0 Å². The van der Waals surface area contributed by atoms with Gasteiger partial charge in [0.2, 0.25) is 0 Å². The first-order valence-corrected chi connectivity index (χ1v) is 5.22. The van der Waals surface area contributed by atoms with Gasteiger partial charge in [0.05, 0.1) is 0 Å². The third-order valence-electron chi connectivity index (χ3n) is 4.74. The second-order valence-corrected chi connectivity index (χ2v) is 6.46. The molecule has 4 atom stereocenters. The van der Waals surface area contributed by atoms with Crippen molar-refractivity contribution in [3.05, 3.63) is 0 Å². The molecule has 1 nitrogen and oxygen atoms in total. The average Bonchev–Trinajstić information content (AvgIpc) is 2.04. The van der Waals surface area contributed by atoms with Crippen LogP contribution in [0.25, 0.3) is 0 Å². The quantitative estimate of drug-likeness (QED) is 0.585. The van der Waals surface area contributed by atoms with Crippen LogP contribution in [0, 0.1) is 16.7 Å². The fourth-order valence-corrected chi connectivity index (χ4v) is 5.04. The van der Waals surface area contributed by atoms with Gasteiger partial charge in [-0.3, -0.25) is 0 Å². The minimum atomic E-state index is 0.241. The van der Waals surface area contributed by atoms with Crippen LogP contribution in [-0.2, 0) is 0 Å². The first kappa shape index (κ1) is 7.37. The maximum Gasteiger partial charge on any atom is 0.0167 e. The van der Waals surface area contributed by atoms with E-state index in [4.69, 9.17) is 5.73 Å². The predicted molar refractivity (Wildman–Crippen MR) is 49.7 cm³/mol. The highest BCUT2D eigenvalue weighted by Crippen LogP contribution is 2.70. The van der Waals surface area contributed by atoms with E-state index in [1.54, 1.807) is 0 Å². The molecule has 0 aromatic heterocycles. The Bertz CT molecular complexity index is 219. The molecule has 0 aromatic carbocycles. The summed E-state index contributed by atoms with van der Waals surface area (Å²) in [5, 5.41) is 0. The number of nitrogens with two attached hydrogens (primary N) is 1. The van der Waals surface area contributed by atoms with Gasteiger partial charge in [0.15, 0.2) is 0 Å². The van der Waals surface area contributed by atoms with E-state index in [9.17, 15) is 0 Å². The fourth-order valence-electron chi connectivity index (χ4n) is 5.04. The van der Waals surface area contributed by atoms with E-state index in [0.29, 0.717) is 10.8 Å². The Hall–Kier alpha value is -0.0400. The van der Waals surface area contributed by atoms with Crippen molar-refractivity contribution in [2.75, 3.05) is 0 Å². The largest absolute Gasteiger partial charge is 0.325 e. The van der Waals surface area contributed by atoms with Crippen molar-refractivity contribution in [1.82, 2.24) is 0 Å². The molecule has 0 radical (unpaired) electrons. The lowest BCUT2D eigenvalue weighted by Gasteiger charge is -2.43. The molecule has 1 heteroatoms. The van der Waals surface area contributed by atoms with Crippen molar-refractivity contribution in [2.45, 2.75) is 51.5 Å². The van der Waals surface area contributed by atoms with E-state index in [2.05, 4.69) is 13.8 Å². The van der Waals surface area contributed by atoms with Crippen LogP contribution in [0.2, 0.25) is 0 Å². The van der Waals surface area contributed by atoms with E-state index < -0.39 is 0 Å². The van der Waals surface area contributed by atoms with Crippen molar-refractivity contribution < 1.29 is 0 Å². The van der Waals surface area contributed by atoms with Gasteiger partial charge >= 0.3 is 0 Å². The topological polar surface area (TPSA) is 26.0 Å². The lowest BCUT2D eigenvalue weighted by Crippen LogP contribution is -2.47. The lowest BCUT2D eigenvalue weighted by molar-refractivity contribution is 0.118. The second-order valence-electron chi connectivity index (χ2n) is 6.46. The van der Waals surface area contributed by atoms with Crippen molar-refractivity contribution in [3.63, 3.8) is 0 Å². The van der Waals surface area contributed by atoms with Gasteiger partial charge in [0.25, 0.3) is 0 Å². The summed E-state index contributed by atoms with van der Waals surface area (Å²) >= 11 is 0. The molecule has 4 saturated carbocycles. The third-order valence-corrected chi connectivity index (χ3v) is 4.74. The van der Waals surface area contributed by atoms with Crippen molar-refractivity contribution in [3.8, 4) is 0 Å². The molecule has 0 amide bonds. The van der Waals surface area contributed by atoms with Crippen molar-refractivity contribution in [1.29, 1.82) is 0 Å². The zero-order valence-corrected chi connectivity index (χ0v) is 8.19. The lowest BCUT2D eigenvalue weighted by atomic mass is 9.65. The number of hydrogen-bond acceptors (Lipinski definition) is 1. The van der Waals surface area contributed by atoms with Crippen LogP contribution in [-0.4, -0.2) is 5.54 Å².